The summed E-state index contributed by atoms with van der Waals surface area (Å²) in [5, 5.41) is -3.72. The van der Waals surface area contributed by atoms with Crippen LogP contribution in [0.15, 0.2) is 0 Å². The zero-order chi connectivity index (χ0) is 17.7. The first kappa shape index (κ1) is 22.4. The van der Waals surface area contributed by atoms with Crippen LogP contribution in [-0.4, -0.2) is 36.0 Å². The van der Waals surface area contributed by atoms with Crippen LogP contribution in [0.25, 0.3) is 0 Å². The van der Waals surface area contributed by atoms with Crippen molar-refractivity contribution in [2.45, 2.75) is 43.8 Å². The predicted octanol–water partition coefficient (Wildman–Crippen LogP) is 4.23. The monoisotopic (exact) mass is 344 g/mol. The van der Waals surface area contributed by atoms with Crippen LogP contribution in [0.4, 0.5) is 48.5 Å². The molecule has 0 aliphatic carbocycles. The number of rotatable bonds is 5. The molecule has 0 unspecified atom stereocenters. The number of hydrogen-bond donors (Lipinski definition) is 1. The van der Waals surface area contributed by atoms with E-state index in [0.717, 1.165) is 6.54 Å². The van der Waals surface area contributed by atoms with Gasteiger partial charge in [-0.2, -0.15) is 39.5 Å². The van der Waals surface area contributed by atoms with Gasteiger partial charge < -0.3 is 5.73 Å². The van der Waals surface area contributed by atoms with Gasteiger partial charge in [-0.15, -0.1) is 0 Å². The maximum absolute atomic E-state index is 12.0. The van der Waals surface area contributed by atoms with E-state index >= 15 is 0 Å². The largest absolute Gasteiger partial charge is 0.460 e. The third-order valence-corrected chi connectivity index (χ3v) is 1.90. The van der Waals surface area contributed by atoms with Crippen LogP contribution in [-0.2, 0) is 0 Å². The smallest absolute Gasteiger partial charge is 0.330 e. The van der Waals surface area contributed by atoms with E-state index in [1.165, 1.54) is 12.8 Å². The molecular formula is C8H11F11N2. The Morgan fingerprint density at radius 2 is 1.19 bits per heavy atom. The van der Waals surface area contributed by atoms with Gasteiger partial charge in [0.05, 0.1) is 5.34 Å². The summed E-state index contributed by atoms with van der Waals surface area (Å²) in [5.74, 6) is -14.6. The summed E-state index contributed by atoms with van der Waals surface area (Å²) in [5.41, 5.74) is 5.14. The van der Waals surface area contributed by atoms with Crippen molar-refractivity contribution in [1.82, 2.24) is 5.34 Å². The Labute approximate surface area is 111 Å². The van der Waals surface area contributed by atoms with Crippen molar-refractivity contribution in [1.29, 1.82) is 0 Å². The summed E-state index contributed by atoms with van der Waals surface area (Å²) >= 11 is 0. The normalized spacial score (nSPS) is 14.0. The fraction of sp³-hybridized carbons (Fsp3) is 1.00. The van der Waals surface area contributed by atoms with Crippen LogP contribution < -0.4 is 5.73 Å². The molecule has 0 radical (unpaired) electrons. The van der Waals surface area contributed by atoms with Gasteiger partial charge in [-0.1, -0.05) is 22.3 Å². The molecule has 0 atom stereocenters. The SMILES string of the molecule is CCCCN.FN(F)C(F)(F)C(F)(F)C(F)(F)C(F)(F)F. The highest BCUT2D eigenvalue weighted by molar-refractivity contribution is 4.97. The molecule has 13 heteroatoms. The van der Waals surface area contributed by atoms with E-state index in [1.54, 1.807) is 0 Å². The average Bonchev–Trinajstić information content (AvgIpc) is 2.28. The Morgan fingerprint density at radius 1 is 0.810 bits per heavy atom. The molecule has 0 aliphatic heterocycles. The molecule has 0 saturated heterocycles. The van der Waals surface area contributed by atoms with Crippen molar-refractivity contribution in [3.63, 3.8) is 0 Å². The van der Waals surface area contributed by atoms with Gasteiger partial charge >= 0.3 is 24.1 Å². The van der Waals surface area contributed by atoms with Crippen molar-refractivity contribution in [2.75, 3.05) is 6.54 Å². The molecule has 21 heavy (non-hydrogen) atoms. The van der Waals surface area contributed by atoms with Crippen LogP contribution in [0, 0.1) is 0 Å². The lowest BCUT2D eigenvalue weighted by Crippen LogP contribution is -2.63. The predicted molar refractivity (Wildman–Crippen MR) is 48.9 cm³/mol. The maximum Gasteiger partial charge on any atom is 0.460 e. The van der Waals surface area contributed by atoms with Crippen molar-refractivity contribution in [3.05, 3.63) is 0 Å². The third-order valence-electron chi connectivity index (χ3n) is 1.90. The van der Waals surface area contributed by atoms with Gasteiger partial charge in [0.2, 0.25) is 0 Å². The lowest BCUT2D eigenvalue weighted by molar-refractivity contribution is -0.463. The molecule has 0 bridgehead atoms. The second-order valence-corrected chi connectivity index (χ2v) is 3.56. The van der Waals surface area contributed by atoms with E-state index in [-0.39, 0.29) is 0 Å². The molecule has 0 spiro atoms. The van der Waals surface area contributed by atoms with E-state index < -0.39 is 29.4 Å². The van der Waals surface area contributed by atoms with Crippen molar-refractivity contribution >= 4 is 0 Å². The molecular weight excluding hydrogens is 333 g/mol. The molecule has 0 heterocycles. The summed E-state index contributed by atoms with van der Waals surface area (Å²) in [6.07, 6.45) is -4.72. The number of halogens is 11. The minimum absolute atomic E-state index is 0.844. The summed E-state index contributed by atoms with van der Waals surface area (Å²) in [7, 11) is 0. The van der Waals surface area contributed by atoms with Crippen LogP contribution >= 0.6 is 0 Å². The molecule has 2 nitrogen and oxygen atoms in total. The maximum atomic E-state index is 12.0. The molecule has 0 saturated carbocycles. The van der Waals surface area contributed by atoms with E-state index in [0.29, 0.717) is 0 Å². The Hall–Kier alpha value is -0.850. The number of unbranched alkanes of at least 4 members (excludes halogenated alkanes) is 1. The van der Waals surface area contributed by atoms with Gasteiger partial charge in [-0.3, -0.25) is 0 Å². The number of nitrogens with zero attached hydrogens (tertiary/aromatic N) is 1. The van der Waals surface area contributed by atoms with Gasteiger partial charge in [0.1, 0.15) is 0 Å². The fourth-order valence-electron chi connectivity index (χ4n) is 0.677. The summed E-state index contributed by atoms with van der Waals surface area (Å²) < 4.78 is 127. The highest BCUT2D eigenvalue weighted by Crippen LogP contribution is 2.54. The van der Waals surface area contributed by atoms with Gasteiger partial charge in [-0.05, 0) is 13.0 Å². The van der Waals surface area contributed by atoms with E-state index in [1.807, 2.05) is 0 Å². The topological polar surface area (TPSA) is 29.3 Å². The quantitative estimate of drug-likeness (QED) is 0.460. The molecule has 0 rings (SSSR count). The Bertz CT molecular complexity index is 297. The van der Waals surface area contributed by atoms with Crippen LogP contribution in [0.1, 0.15) is 19.8 Å². The Kier molecular flexibility index (Phi) is 7.93. The number of hydrogen-bond acceptors (Lipinski definition) is 2. The second-order valence-electron chi connectivity index (χ2n) is 3.56. The standard InChI is InChI=1S/C4F11N.C4H11N/c5-1(6,3(9,10)11)2(7,8)4(12,13)16(14)15;1-2-3-4-5/h;2-5H2,1H3. The molecule has 0 aromatic heterocycles. The van der Waals surface area contributed by atoms with Crippen LogP contribution in [0.2, 0.25) is 0 Å². The van der Waals surface area contributed by atoms with Crippen LogP contribution in [0.3, 0.4) is 0 Å². The van der Waals surface area contributed by atoms with Crippen molar-refractivity contribution < 1.29 is 48.5 Å². The zero-order valence-corrected chi connectivity index (χ0v) is 10.3. The first-order valence-corrected chi connectivity index (χ1v) is 5.13. The lowest BCUT2D eigenvalue weighted by Gasteiger charge is -2.32. The molecule has 0 aliphatic rings. The Balaban J connectivity index is 0. The molecule has 0 amide bonds. The van der Waals surface area contributed by atoms with Gasteiger partial charge in [0.25, 0.3) is 0 Å². The minimum Gasteiger partial charge on any atom is -0.330 e. The summed E-state index contributed by atoms with van der Waals surface area (Å²) in [6, 6.07) is -6.97. The highest BCUT2D eigenvalue weighted by Gasteiger charge is 2.84. The Morgan fingerprint density at radius 3 is 1.33 bits per heavy atom. The lowest BCUT2D eigenvalue weighted by atomic mass is 10.1. The minimum atomic E-state index is -7.32. The van der Waals surface area contributed by atoms with E-state index in [9.17, 15) is 48.5 Å². The number of nitrogens with two attached hydrogens (primary N) is 1. The number of alkyl halides is 9. The first-order chi connectivity index (χ1) is 9.11. The highest BCUT2D eigenvalue weighted by atomic mass is 19.4. The summed E-state index contributed by atoms with van der Waals surface area (Å²) in [4.78, 5) is 0. The van der Waals surface area contributed by atoms with Gasteiger partial charge in [0.15, 0.2) is 0 Å². The molecule has 0 aromatic rings. The molecule has 0 aromatic carbocycles. The molecule has 130 valence electrons. The molecule has 0 fully saturated rings. The fourth-order valence-corrected chi connectivity index (χ4v) is 0.677. The van der Waals surface area contributed by atoms with Crippen molar-refractivity contribution in [2.24, 2.45) is 5.73 Å². The van der Waals surface area contributed by atoms with Gasteiger partial charge in [-0.25, -0.2) is 0 Å². The zero-order valence-electron chi connectivity index (χ0n) is 10.3. The second kappa shape index (κ2) is 7.42. The average molecular weight is 344 g/mol. The molecule has 2 N–H and O–H groups in total. The first-order valence-electron chi connectivity index (χ1n) is 5.13. The van der Waals surface area contributed by atoms with Crippen molar-refractivity contribution in [3.8, 4) is 0 Å². The summed E-state index contributed by atoms with van der Waals surface area (Å²) in [6.45, 7) is 2.98. The van der Waals surface area contributed by atoms with Crippen LogP contribution in [0.5, 0.6) is 0 Å². The van der Waals surface area contributed by atoms with Gasteiger partial charge in [0, 0.05) is 0 Å². The van der Waals surface area contributed by atoms with E-state index in [2.05, 4.69) is 6.92 Å². The third kappa shape index (κ3) is 4.83. The van der Waals surface area contributed by atoms with E-state index in [4.69, 9.17) is 5.73 Å².